The topological polar surface area (TPSA) is 95.1 Å². The van der Waals surface area contributed by atoms with Gasteiger partial charge in [-0.15, -0.1) is 10.2 Å². The normalized spacial score (nSPS) is 10.8. The Labute approximate surface area is 113 Å². The number of methoxy groups -OCH3 is 1. The van der Waals surface area contributed by atoms with Crippen LogP contribution in [-0.4, -0.2) is 55.1 Å². The van der Waals surface area contributed by atoms with Crippen LogP contribution in [-0.2, 0) is 16.1 Å². The maximum absolute atomic E-state index is 10.6. The molecule has 0 saturated heterocycles. The lowest BCUT2D eigenvalue weighted by molar-refractivity contribution is -0.133. The van der Waals surface area contributed by atoms with Crippen molar-refractivity contribution in [3.8, 4) is 5.69 Å². The van der Waals surface area contributed by atoms with Crippen LogP contribution in [0.15, 0.2) is 23.9 Å². The van der Waals surface area contributed by atoms with Crippen LogP contribution < -0.4 is 0 Å². The average molecular weight is 283 g/mol. The largest absolute Gasteiger partial charge is 0.481 e. The maximum atomic E-state index is 10.6. The molecule has 8 nitrogen and oxygen atoms in total. The fourth-order valence-electron chi connectivity index (χ4n) is 1.41. The molecule has 2 aromatic heterocycles. The minimum Gasteiger partial charge on any atom is -0.481 e. The Hall–Kier alpha value is -1.87. The van der Waals surface area contributed by atoms with Gasteiger partial charge in [-0.05, 0) is 0 Å². The van der Waals surface area contributed by atoms with E-state index in [1.54, 1.807) is 22.6 Å². The summed E-state index contributed by atoms with van der Waals surface area (Å²) in [6.07, 6.45) is 5.03. The van der Waals surface area contributed by atoms with E-state index in [1.165, 1.54) is 6.33 Å². The molecule has 0 saturated carbocycles. The number of carbonyl (C=O) groups is 1. The van der Waals surface area contributed by atoms with E-state index < -0.39 is 5.97 Å². The summed E-state index contributed by atoms with van der Waals surface area (Å²) in [5.41, 5.74) is 0.786. The molecule has 2 heterocycles. The summed E-state index contributed by atoms with van der Waals surface area (Å²) in [7, 11) is 1.63. The highest BCUT2D eigenvalue weighted by atomic mass is 32.2. The molecule has 1 N–H and O–H groups in total. The van der Waals surface area contributed by atoms with Gasteiger partial charge in [-0.2, -0.15) is 5.10 Å². The summed E-state index contributed by atoms with van der Waals surface area (Å²) in [6, 6.07) is 0. The Morgan fingerprint density at radius 3 is 3.16 bits per heavy atom. The van der Waals surface area contributed by atoms with Crippen molar-refractivity contribution in [3.63, 3.8) is 0 Å². The van der Waals surface area contributed by atoms with Crippen molar-refractivity contribution in [1.29, 1.82) is 0 Å². The van der Waals surface area contributed by atoms with Gasteiger partial charge in [-0.25, -0.2) is 0 Å². The minimum atomic E-state index is -0.893. The third kappa shape index (κ3) is 3.55. The summed E-state index contributed by atoms with van der Waals surface area (Å²) < 4.78 is 8.41. The summed E-state index contributed by atoms with van der Waals surface area (Å²) in [6.45, 7) is 1.22. The quantitative estimate of drug-likeness (QED) is 0.729. The first kappa shape index (κ1) is 13.6. The molecule has 0 fully saturated rings. The Morgan fingerprint density at radius 1 is 1.58 bits per heavy atom. The molecule has 2 rings (SSSR count). The monoisotopic (exact) mass is 283 g/mol. The number of carboxylic acids is 1. The highest BCUT2D eigenvalue weighted by Crippen LogP contribution is 2.18. The summed E-state index contributed by atoms with van der Waals surface area (Å²) in [5.74, 6) is -0.952. The fourth-order valence-corrected chi connectivity index (χ4v) is 2.06. The highest BCUT2D eigenvalue weighted by molar-refractivity contribution is 7.99. The molecule has 0 radical (unpaired) electrons. The second-order valence-electron chi connectivity index (χ2n) is 3.62. The number of hydrogen-bond donors (Lipinski definition) is 1. The molecule has 0 aliphatic rings. The number of hydrogen-bond acceptors (Lipinski definition) is 6. The van der Waals surface area contributed by atoms with Gasteiger partial charge in [0.05, 0.1) is 30.8 Å². The number of carboxylic acid groups (broad SMARTS) is 1. The van der Waals surface area contributed by atoms with E-state index in [9.17, 15) is 4.79 Å². The Balaban J connectivity index is 2.10. The minimum absolute atomic E-state index is 0.0590. The first-order valence-electron chi connectivity index (χ1n) is 5.47. The van der Waals surface area contributed by atoms with Crippen molar-refractivity contribution in [2.75, 3.05) is 19.5 Å². The Kier molecular flexibility index (Phi) is 4.53. The molecule has 0 unspecified atom stereocenters. The van der Waals surface area contributed by atoms with Gasteiger partial charge in [0.1, 0.15) is 6.33 Å². The second-order valence-corrected chi connectivity index (χ2v) is 4.56. The van der Waals surface area contributed by atoms with Crippen LogP contribution in [0.2, 0.25) is 0 Å². The van der Waals surface area contributed by atoms with Crippen molar-refractivity contribution in [2.45, 2.75) is 11.7 Å². The first-order valence-corrected chi connectivity index (χ1v) is 6.45. The predicted octanol–water partition coefficient (Wildman–Crippen LogP) is 0.287. The molecule has 0 atom stereocenters. The number of nitrogens with zero attached hydrogens (tertiary/aromatic N) is 5. The molecule has 0 bridgehead atoms. The van der Waals surface area contributed by atoms with Crippen molar-refractivity contribution in [1.82, 2.24) is 24.5 Å². The van der Waals surface area contributed by atoms with Gasteiger partial charge in [0.2, 0.25) is 0 Å². The molecule has 0 aromatic carbocycles. The number of rotatable bonds is 7. The zero-order valence-electron chi connectivity index (χ0n) is 10.3. The third-order valence-electron chi connectivity index (χ3n) is 2.26. The van der Waals surface area contributed by atoms with Crippen molar-refractivity contribution >= 4 is 17.7 Å². The number of ether oxygens (including phenoxy) is 1. The SMILES string of the molecule is COCCn1cc(-n2cnnc2SCC(=O)O)cn1. The van der Waals surface area contributed by atoms with E-state index in [2.05, 4.69) is 15.3 Å². The number of thioether (sulfide) groups is 1. The van der Waals surface area contributed by atoms with Crippen LogP contribution in [0, 0.1) is 0 Å². The summed E-state index contributed by atoms with van der Waals surface area (Å²) in [5, 5.41) is 21.0. The average Bonchev–Trinajstić information content (AvgIpc) is 3.02. The van der Waals surface area contributed by atoms with Crippen molar-refractivity contribution in [2.24, 2.45) is 0 Å². The lowest BCUT2D eigenvalue weighted by Crippen LogP contribution is -2.04. The second kappa shape index (κ2) is 6.34. The van der Waals surface area contributed by atoms with E-state index in [1.807, 2.05) is 6.20 Å². The fraction of sp³-hybridized carbons (Fsp3) is 0.400. The predicted molar refractivity (Wildman–Crippen MR) is 67.4 cm³/mol. The standard InChI is InChI=1S/C10H13N5O3S/c1-18-3-2-14-5-8(4-12-14)15-7-11-13-10(15)19-6-9(16)17/h4-5,7H,2-3,6H2,1H3,(H,16,17). The third-order valence-corrected chi connectivity index (χ3v) is 3.19. The lowest BCUT2D eigenvalue weighted by Gasteiger charge is -2.01. The van der Waals surface area contributed by atoms with Gasteiger partial charge in [-0.3, -0.25) is 14.0 Å². The molecule has 2 aromatic rings. The first-order chi connectivity index (χ1) is 9.20. The molecule has 0 spiro atoms. The zero-order valence-corrected chi connectivity index (χ0v) is 11.1. The van der Waals surface area contributed by atoms with E-state index in [0.29, 0.717) is 18.3 Å². The van der Waals surface area contributed by atoms with Gasteiger partial charge in [-0.1, -0.05) is 11.8 Å². The van der Waals surface area contributed by atoms with E-state index in [-0.39, 0.29) is 5.75 Å². The van der Waals surface area contributed by atoms with Gasteiger partial charge < -0.3 is 9.84 Å². The van der Waals surface area contributed by atoms with Crippen LogP contribution >= 0.6 is 11.8 Å². The van der Waals surface area contributed by atoms with Crippen molar-refractivity contribution < 1.29 is 14.6 Å². The Bertz CT molecular complexity index is 553. The molecule has 9 heteroatoms. The van der Waals surface area contributed by atoms with Crippen LogP contribution in [0.5, 0.6) is 0 Å². The zero-order chi connectivity index (χ0) is 13.7. The number of aliphatic carboxylic acids is 1. The van der Waals surface area contributed by atoms with Crippen LogP contribution in [0.3, 0.4) is 0 Å². The molecule has 0 aliphatic carbocycles. The smallest absolute Gasteiger partial charge is 0.313 e. The molecular formula is C10H13N5O3S. The maximum Gasteiger partial charge on any atom is 0.313 e. The van der Waals surface area contributed by atoms with Gasteiger partial charge in [0, 0.05) is 13.3 Å². The van der Waals surface area contributed by atoms with E-state index >= 15 is 0 Å². The van der Waals surface area contributed by atoms with Gasteiger partial charge >= 0.3 is 5.97 Å². The van der Waals surface area contributed by atoms with Crippen molar-refractivity contribution in [3.05, 3.63) is 18.7 Å². The molecule has 0 aliphatic heterocycles. The molecular weight excluding hydrogens is 270 g/mol. The van der Waals surface area contributed by atoms with Gasteiger partial charge in [0.15, 0.2) is 5.16 Å². The van der Waals surface area contributed by atoms with Crippen LogP contribution in [0.4, 0.5) is 0 Å². The summed E-state index contributed by atoms with van der Waals surface area (Å²) >= 11 is 1.11. The molecule has 19 heavy (non-hydrogen) atoms. The van der Waals surface area contributed by atoms with E-state index in [4.69, 9.17) is 9.84 Å². The molecule has 0 amide bonds. The van der Waals surface area contributed by atoms with Gasteiger partial charge in [0.25, 0.3) is 0 Å². The highest BCUT2D eigenvalue weighted by Gasteiger charge is 2.10. The Morgan fingerprint density at radius 2 is 2.42 bits per heavy atom. The molecule has 102 valence electrons. The van der Waals surface area contributed by atoms with Crippen LogP contribution in [0.25, 0.3) is 5.69 Å². The number of aromatic nitrogens is 5. The van der Waals surface area contributed by atoms with E-state index in [0.717, 1.165) is 17.4 Å². The lowest BCUT2D eigenvalue weighted by atomic mass is 10.5. The van der Waals surface area contributed by atoms with Crippen LogP contribution in [0.1, 0.15) is 0 Å². The summed E-state index contributed by atoms with van der Waals surface area (Å²) in [4.78, 5) is 10.6.